The first-order valence-corrected chi connectivity index (χ1v) is 12.9. The van der Waals surface area contributed by atoms with Gasteiger partial charge in [-0.1, -0.05) is 97.1 Å². The molecule has 0 radical (unpaired) electrons. The van der Waals surface area contributed by atoms with Crippen LogP contribution in [-0.4, -0.2) is 4.57 Å². The van der Waals surface area contributed by atoms with E-state index in [0.717, 1.165) is 21.9 Å². The molecule has 2 aromatic heterocycles. The second-order valence-corrected chi connectivity index (χ2v) is 9.80. The first-order chi connectivity index (χ1) is 18.8. The molecule has 2 nitrogen and oxygen atoms in total. The molecule has 38 heavy (non-hydrogen) atoms. The van der Waals surface area contributed by atoms with Gasteiger partial charge in [0.15, 0.2) is 0 Å². The van der Waals surface area contributed by atoms with E-state index in [1.165, 1.54) is 49.7 Å². The smallest absolute Gasteiger partial charge is 0.135 e. The molecule has 0 amide bonds. The van der Waals surface area contributed by atoms with Crippen LogP contribution in [0.1, 0.15) is 0 Å². The van der Waals surface area contributed by atoms with Crippen LogP contribution in [0.3, 0.4) is 0 Å². The van der Waals surface area contributed by atoms with E-state index in [9.17, 15) is 0 Å². The van der Waals surface area contributed by atoms with Gasteiger partial charge in [-0.3, -0.25) is 0 Å². The first-order valence-electron chi connectivity index (χ1n) is 12.9. The van der Waals surface area contributed by atoms with E-state index in [1.54, 1.807) is 0 Å². The Labute approximate surface area is 220 Å². The quantitative estimate of drug-likeness (QED) is 0.243. The molecule has 8 aromatic rings. The third kappa shape index (κ3) is 3.21. The van der Waals surface area contributed by atoms with E-state index in [0.29, 0.717) is 0 Å². The molecule has 0 N–H and O–H groups in total. The van der Waals surface area contributed by atoms with Crippen LogP contribution in [0, 0.1) is 0 Å². The number of fused-ring (bicyclic) bond motifs is 6. The summed E-state index contributed by atoms with van der Waals surface area (Å²) >= 11 is 0. The zero-order valence-electron chi connectivity index (χ0n) is 20.6. The summed E-state index contributed by atoms with van der Waals surface area (Å²) in [5.74, 6) is 0. The van der Waals surface area contributed by atoms with Crippen molar-refractivity contribution in [2.75, 3.05) is 0 Å². The van der Waals surface area contributed by atoms with Gasteiger partial charge in [0.05, 0.1) is 11.0 Å². The average molecular weight is 486 g/mol. The Morgan fingerprint density at radius 3 is 1.50 bits per heavy atom. The molecule has 6 aromatic carbocycles. The Hall–Kier alpha value is -5.08. The van der Waals surface area contributed by atoms with Crippen LogP contribution in [0.5, 0.6) is 0 Å². The molecule has 0 aliphatic rings. The number of benzene rings is 6. The highest BCUT2D eigenvalue weighted by atomic mass is 16.3. The fourth-order valence-electron chi connectivity index (χ4n) is 5.76. The Morgan fingerprint density at radius 1 is 0.368 bits per heavy atom. The Kier molecular flexibility index (Phi) is 4.55. The van der Waals surface area contributed by atoms with Gasteiger partial charge in [0, 0.05) is 27.2 Å². The molecule has 178 valence electrons. The molecule has 0 aliphatic heterocycles. The molecule has 2 heteroatoms. The Balaban J connectivity index is 1.14. The second kappa shape index (κ2) is 8.22. The number of hydrogen-bond acceptors (Lipinski definition) is 1. The maximum absolute atomic E-state index is 6.00. The van der Waals surface area contributed by atoms with Crippen LogP contribution >= 0.6 is 0 Å². The summed E-state index contributed by atoms with van der Waals surface area (Å²) in [7, 11) is 0. The van der Waals surface area contributed by atoms with Crippen LogP contribution in [0.2, 0.25) is 0 Å². The topological polar surface area (TPSA) is 18.1 Å². The van der Waals surface area contributed by atoms with Gasteiger partial charge in [-0.2, -0.15) is 0 Å². The lowest BCUT2D eigenvalue weighted by Crippen LogP contribution is -1.93. The van der Waals surface area contributed by atoms with Crippen molar-refractivity contribution < 1.29 is 4.42 Å². The van der Waals surface area contributed by atoms with E-state index >= 15 is 0 Å². The van der Waals surface area contributed by atoms with E-state index in [2.05, 4.69) is 132 Å². The third-order valence-corrected chi connectivity index (χ3v) is 7.63. The Morgan fingerprint density at radius 2 is 0.842 bits per heavy atom. The van der Waals surface area contributed by atoms with Crippen LogP contribution in [0.25, 0.3) is 71.7 Å². The maximum Gasteiger partial charge on any atom is 0.135 e. The zero-order chi connectivity index (χ0) is 25.1. The molecule has 0 fully saturated rings. The lowest BCUT2D eigenvalue weighted by atomic mass is 9.99. The molecule has 0 saturated carbocycles. The molecule has 0 saturated heterocycles. The van der Waals surface area contributed by atoms with Crippen molar-refractivity contribution in [2.24, 2.45) is 0 Å². The zero-order valence-corrected chi connectivity index (χ0v) is 20.6. The number of para-hydroxylation sites is 3. The molecule has 0 unspecified atom stereocenters. The summed E-state index contributed by atoms with van der Waals surface area (Å²) in [6.07, 6.45) is 0. The standard InChI is InChI=1S/C36H23NO/c1-4-10-33-29(7-1)30-8-2-5-11-34(30)37(33)28-20-17-25(18-21-28)24-13-15-26(16-14-24)27-19-22-36-32(23-27)31-9-3-6-12-35(31)38-36/h1-23H. The van der Waals surface area contributed by atoms with Gasteiger partial charge in [0.1, 0.15) is 11.2 Å². The molecule has 0 aliphatic carbocycles. The van der Waals surface area contributed by atoms with Gasteiger partial charge in [-0.05, 0) is 64.7 Å². The van der Waals surface area contributed by atoms with E-state index in [4.69, 9.17) is 4.42 Å². The minimum absolute atomic E-state index is 0.926. The highest BCUT2D eigenvalue weighted by Crippen LogP contribution is 2.34. The average Bonchev–Trinajstić information content (AvgIpc) is 3.53. The van der Waals surface area contributed by atoms with Crippen molar-refractivity contribution >= 4 is 43.7 Å². The van der Waals surface area contributed by atoms with Crippen molar-refractivity contribution in [3.63, 3.8) is 0 Å². The van der Waals surface area contributed by atoms with Crippen molar-refractivity contribution in [1.82, 2.24) is 4.57 Å². The van der Waals surface area contributed by atoms with Crippen molar-refractivity contribution in [1.29, 1.82) is 0 Å². The Bertz CT molecular complexity index is 2060. The SMILES string of the molecule is c1ccc2c(c1)oc1ccc(-c3ccc(-c4ccc(-n5c6ccccc6c6ccccc65)cc4)cc3)cc12. The van der Waals surface area contributed by atoms with Gasteiger partial charge in [-0.25, -0.2) is 0 Å². The predicted molar refractivity (Wildman–Crippen MR) is 159 cm³/mol. The lowest BCUT2D eigenvalue weighted by molar-refractivity contribution is 0.669. The molecule has 2 heterocycles. The summed E-state index contributed by atoms with van der Waals surface area (Å²) in [6.45, 7) is 0. The largest absolute Gasteiger partial charge is 0.456 e. The van der Waals surface area contributed by atoms with Crippen LogP contribution in [-0.2, 0) is 0 Å². The summed E-state index contributed by atoms with van der Waals surface area (Å²) < 4.78 is 8.36. The first kappa shape index (κ1) is 21.0. The highest BCUT2D eigenvalue weighted by Gasteiger charge is 2.12. The second-order valence-electron chi connectivity index (χ2n) is 9.80. The van der Waals surface area contributed by atoms with Gasteiger partial charge in [0.25, 0.3) is 0 Å². The number of aromatic nitrogens is 1. The molecular weight excluding hydrogens is 462 g/mol. The maximum atomic E-state index is 6.00. The number of furan rings is 1. The molecule has 0 bridgehead atoms. The van der Waals surface area contributed by atoms with Crippen LogP contribution in [0.15, 0.2) is 144 Å². The number of nitrogens with zero attached hydrogens (tertiary/aromatic N) is 1. The molecule has 8 rings (SSSR count). The normalized spacial score (nSPS) is 11.7. The van der Waals surface area contributed by atoms with Gasteiger partial charge >= 0.3 is 0 Å². The van der Waals surface area contributed by atoms with Crippen molar-refractivity contribution in [3.8, 4) is 27.9 Å². The molecule has 0 atom stereocenters. The van der Waals surface area contributed by atoms with Gasteiger partial charge in [-0.15, -0.1) is 0 Å². The summed E-state index contributed by atoms with van der Waals surface area (Å²) in [6, 6.07) is 49.6. The summed E-state index contributed by atoms with van der Waals surface area (Å²) in [5.41, 5.74) is 10.3. The van der Waals surface area contributed by atoms with Gasteiger partial charge in [0.2, 0.25) is 0 Å². The minimum Gasteiger partial charge on any atom is -0.456 e. The minimum atomic E-state index is 0.926. The fourth-order valence-corrected chi connectivity index (χ4v) is 5.76. The monoisotopic (exact) mass is 485 g/mol. The molecule has 0 spiro atoms. The molecular formula is C36H23NO. The third-order valence-electron chi connectivity index (χ3n) is 7.63. The number of rotatable bonds is 3. The van der Waals surface area contributed by atoms with Crippen LogP contribution < -0.4 is 0 Å². The van der Waals surface area contributed by atoms with Crippen LogP contribution in [0.4, 0.5) is 0 Å². The summed E-state index contributed by atoms with van der Waals surface area (Å²) in [5, 5.41) is 4.88. The predicted octanol–water partition coefficient (Wildman–Crippen LogP) is 10.0. The van der Waals surface area contributed by atoms with Crippen molar-refractivity contribution in [2.45, 2.75) is 0 Å². The highest BCUT2D eigenvalue weighted by molar-refractivity contribution is 6.09. The van der Waals surface area contributed by atoms with E-state index in [1.807, 2.05) is 12.1 Å². The number of hydrogen-bond donors (Lipinski definition) is 0. The van der Waals surface area contributed by atoms with Crippen molar-refractivity contribution in [3.05, 3.63) is 140 Å². The van der Waals surface area contributed by atoms with Gasteiger partial charge < -0.3 is 8.98 Å². The summed E-state index contributed by atoms with van der Waals surface area (Å²) in [4.78, 5) is 0. The van der Waals surface area contributed by atoms with E-state index in [-0.39, 0.29) is 0 Å². The van der Waals surface area contributed by atoms with E-state index < -0.39 is 0 Å². The lowest BCUT2D eigenvalue weighted by Gasteiger charge is -2.10. The fraction of sp³-hybridized carbons (Fsp3) is 0.